The van der Waals surface area contributed by atoms with E-state index in [1.54, 1.807) is 13.8 Å². The Morgan fingerprint density at radius 2 is 2.19 bits per heavy atom. The fourth-order valence-electron chi connectivity index (χ4n) is 1.41. The van der Waals surface area contributed by atoms with Gasteiger partial charge in [0.15, 0.2) is 5.54 Å². The normalized spacial score (nSPS) is 28.4. The zero-order chi connectivity index (χ0) is 12.3. The molecule has 1 saturated carbocycles. The molecule has 0 aromatic carbocycles. The van der Waals surface area contributed by atoms with E-state index in [-0.39, 0.29) is 13.0 Å². The van der Waals surface area contributed by atoms with Gasteiger partial charge in [0, 0.05) is 18.2 Å². The van der Waals surface area contributed by atoms with Crippen LogP contribution in [-0.2, 0) is 14.3 Å². The van der Waals surface area contributed by atoms with Gasteiger partial charge >= 0.3 is 11.9 Å². The van der Waals surface area contributed by atoms with Crippen molar-refractivity contribution in [2.24, 2.45) is 0 Å². The molecule has 6 heteroatoms. The van der Waals surface area contributed by atoms with Crippen molar-refractivity contribution in [1.82, 2.24) is 5.32 Å². The topological polar surface area (TPSA) is 95.9 Å². The van der Waals surface area contributed by atoms with Gasteiger partial charge < -0.3 is 20.3 Å². The number of aliphatic hydroxyl groups excluding tert-OH is 1. The van der Waals surface area contributed by atoms with Crippen LogP contribution >= 0.6 is 0 Å². The maximum absolute atomic E-state index is 11.1. The summed E-state index contributed by atoms with van der Waals surface area (Å²) in [6, 6.07) is 0. The maximum Gasteiger partial charge on any atom is 0.332 e. The lowest BCUT2D eigenvalue weighted by molar-refractivity contribution is -0.142. The van der Waals surface area contributed by atoms with Crippen LogP contribution in [0.3, 0.4) is 0 Å². The summed E-state index contributed by atoms with van der Waals surface area (Å²) < 4.78 is 4.67. The van der Waals surface area contributed by atoms with E-state index in [0.29, 0.717) is 5.70 Å². The van der Waals surface area contributed by atoms with E-state index >= 15 is 0 Å². The van der Waals surface area contributed by atoms with Gasteiger partial charge in [-0.2, -0.15) is 0 Å². The van der Waals surface area contributed by atoms with Crippen LogP contribution in [-0.4, -0.2) is 40.4 Å². The maximum atomic E-state index is 11.1. The average molecular weight is 229 g/mol. The highest BCUT2D eigenvalue weighted by Crippen LogP contribution is 2.37. The Morgan fingerprint density at radius 3 is 2.56 bits per heavy atom. The number of carboxylic acids is 1. The highest BCUT2D eigenvalue weighted by molar-refractivity contribution is 5.86. The molecule has 0 heterocycles. The number of nitrogens with one attached hydrogen (secondary N) is 1. The molecule has 0 aliphatic heterocycles. The number of aliphatic carboxylic acids is 1. The molecule has 0 amide bonds. The van der Waals surface area contributed by atoms with Gasteiger partial charge in [0.2, 0.25) is 0 Å². The van der Waals surface area contributed by atoms with Gasteiger partial charge in [-0.25, -0.2) is 9.59 Å². The standard InChI is InChI=1S/C10H15NO5/c1-3-16-8(13)4-6(2)11-10(9(14)15)5-7(10)12/h4,7,11-12H,3,5H2,1-2H3,(H,14,15)/b6-4+/t7-,10?/m1/s1. The number of aliphatic hydroxyl groups is 1. The minimum absolute atomic E-state index is 0.135. The molecule has 0 bridgehead atoms. The van der Waals surface area contributed by atoms with Crippen LogP contribution in [0.25, 0.3) is 0 Å². The van der Waals surface area contributed by atoms with Gasteiger partial charge in [0.25, 0.3) is 0 Å². The molecule has 0 saturated heterocycles. The number of allylic oxidation sites excluding steroid dienone is 1. The number of hydrogen-bond acceptors (Lipinski definition) is 5. The zero-order valence-corrected chi connectivity index (χ0v) is 9.19. The molecule has 3 N–H and O–H groups in total. The largest absolute Gasteiger partial charge is 0.479 e. The molecular weight excluding hydrogens is 214 g/mol. The number of carboxylic acid groups (broad SMARTS) is 1. The Labute approximate surface area is 92.9 Å². The van der Waals surface area contributed by atoms with Crippen molar-refractivity contribution in [1.29, 1.82) is 0 Å². The van der Waals surface area contributed by atoms with Crippen molar-refractivity contribution in [3.8, 4) is 0 Å². The molecule has 0 aromatic heterocycles. The van der Waals surface area contributed by atoms with E-state index in [2.05, 4.69) is 10.1 Å². The first-order chi connectivity index (χ1) is 7.42. The molecule has 1 rings (SSSR count). The number of hydrogen-bond donors (Lipinski definition) is 3. The van der Waals surface area contributed by atoms with Crippen LogP contribution in [0.15, 0.2) is 11.8 Å². The first-order valence-electron chi connectivity index (χ1n) is 4.97. The summed E-state index contributed by atoms with van der Waals surface area (Å²) >= 11 is 0. The monoisotopic (exact) mass is 229 g/mol. The minimum Gasteiger partial charge on any atom is -0.479 e. The smallest absolute Gasteiger partial charge is 0.332 e. The summed E-state index contributed by atoms with van der Waals surface area (Å²) in [5.41, 5.74) is -0.981. The average Bonchev–Trinajstić information content (AvgIpc) is 2.77. The highest BCUT2D eigenvalue weighted by atomic mass is 16.5. The quantitative estimate of drug-likeness (QED) is 0.440. The summed E-state index contributed by atoms with van der Waals surface area (Å²) in [6.45, 7) is 3.49. The lowest BCUT2D eigenvalue weighted by Crippen LogP contribution is -2.41. The lowest BCUT2D eigenvalue weighted by Gasteiger charge is -2.14. The molecule has 0 radical (unpaired) electrons. The van der Waals surface area contributed by atoms with Crippen molar-refractivity contribution >= 4 is 11.9 Å². The van der Waals surface area contributed by atoms with Gasteiger partial charge in [-0.05, 0) is 13.8 Å². The number of carbonyl (C=O) groups is 2. The summed E-state index contributed by atoms with van der Waals surface area (Å²) in [4.78, 5) is 21.9. The van der Waals surface area contributed by atoms with Crippen LogP contribution in [0.1, 0.15) is 20.3 Å². The molecule has 1 aliphatic carbocycles. The predicted octanol–water partition coefficient (Wildman–Crippen LogP) is -0.369. The number of ether oxygens (including phenoxy) is 1. The van der Waals surface area contributed by atoms with Crippen molar-refractivity contribution < 1.29 is 24.5 Å². The molecule has 2 atom stereocenters. The van der Waals surface area contributed by atoms with Crippen LogP contribution in [0.4, 0.5) is 0 Å². The molecule has 1 unspecified atom stereocenters. The fourth-order valence-corrected chi connectivity index (χ4v) is 1.41. The Hall–Kier alpha value is -1.56. The Bertz CT molecular complexity index is 338. The van der Waals surface area contributed by atoms with E-state index in [9.17, 15) is 14.7 Å². The molecule has 90 valence electrons. The Kier molecular flexibility index (Phi) is 3.54. The Balaban J connectivity index is 2.60. The number of carbonyl (C=O) groups excluding carboxylic acids is 1. The predicted molar refractivity (Wildman–Crippen MR) is 54.5 cm³/mol. The first kappa shape index (κ1) is 12.5. The van der Waals surface area contributed by atoms with Gasteiger partial charge in [-0.3, -0.25) is 0 Å². The van der Waals surface area contributed by atoms with E-state index in [4.69, 9.17) is 5.11 Å². The van der Waals surface area contributed by atoms with Crippen molar-refractivity contribution in [3.63, 3.8) is 0 Å². The van der Waals surface area contributed by atoms with E-state index in [1.807, 2.05) is 0 Å². The molecular formula is C10H15NO5. The molecule has 1 aliphatic rings. The van der Waals surface area contributed by atoms with Gasteiger partial charge in [-0.1, -0.05) is 0 Å². The van der Waals surface area contributed by atoms with E-state index < -0.39 is 23.6 Å². The lowest BCUT2D eigenvalue weighted by atomic mass is 10.2. The third-order valence-corrected chi connectivity index (χ3v) is 2.35. The summed E-state index contributed by atoms with van der Waals surface area (Å²) in [5, 5.41) is 20.8. The molecule has 16 heavy (non-hydrogen) atoms. The van der Waals surface area contributed by atoms with Crippen molar-refractivity contribution in [2.75, 3.05) is 6.61 Å². The van der Waals surface area contributed by atoms with Crippen LogP contribution in [0.5, 0.6) is 0 Å². The van der Waals surface area contributed by atoms with Gasteiger partial charge in [0.1, 0.15) is 0 Å². The van der Waals surface area contributed by atoms with Crippen molar-refractivity contribution in [2.45, 2.75) is 31.9 Å². The van der Waals surface area contributed by atoms with Crippen LogP contribution < -0.4 is 5.32 Å². The van der Waals surface area contributed by atoms with Gasteiger partial charge in [0.05, 0.1) is 12.7 Å². The second-order valence-electron chi connectivity index (χ2n) is 3.70. The van der Waals surface area contributed by atoms with Crippen molar-refractivity contribution in [3.05, 3.63) is 11.8 Å². The highest BCUT2D eigenvalue weighted by Gasteiger charge is 2.60. The summed E-state index contributed by atoms with van der Waals surface area (Å²) in [6.07, 6.45) is 0.380. The summed E-state index contributed by atoms with van der Waals surface area (Å²) in [5.74, 6) is -1.67. The molecule has 0 aromatic rings. The Morgan fingerprint density at radius 1 is 1.62 bits per heavy atom. The van der Waals surface area contributed by atoms with Gasteiger partial charge in [-0.15, -0.1) is 0 Å². The van der Waals surface area contributed by atoms with Crippen LogP contribution in [0, 0.1) is 0 Å². The third-order valence-electron chi connectivity index (χ3n) is 2.35. The first-order valence-corrected chi connectivity index (χ1v) is 4.97. The SMILES string of the molecule is CCOC(=O)/C=C(\C)NC1(C(=O)O)C[C@H]1O. The number of esters is 1. The fraction of sp³-hybridized carbons (Fsp3) is 0.600. The third kappa shape index (κ3) is 2.52. The number of rotatable bonds is 5. The zero-order valence-electron chi connectivity index (χ0n) is 9.19. The molecule has 0 spiro atoms. The summed E-state index contributed by atoms with van der Waals surface area (Å²) in [7, 11) is 0. The second kappa shape index (κ2) is 4.52. The molecule has 6 nitrogen and oxygen atoms in total. The molecule has 1 fully saturated rings. The minimum atomic E-state index is -1.34. The second-order valence-corrected chi connectivity index (χ2v) is 3.70. The van der Waals surface area contributed by atoms with Crippen LogP contribution in [0.2, 0.25) is 0 Å². The van der Waals surface area contributed by atoms with E-state index in [1.165, 1.54) is 6.08 Å². The van der Waals surface area contributed by atoms with E-state index in [0.717, 1.165) is 0 Å².